The van der Waals surface area contributed by atoms with Crippen LogP contribution in [0.25, 0.3) is 11.1 Å². The highest BCUT2D eigenvalue weighted by Gasteiger charge is 2.24. The monoisotopic (exact) mass is 296 g/mol. The van der Waals surface area contributed by atoms with Gasteiger partial charge in [0.25, 0.3) is 5.91 Å². The number of benzene rings is 2. The van der Waals surface area contributed by atoms with Crippen molar-refractivity contribution in [1.29, 1.82) is 0 Å². The van der Waals surface area contributed by atoms with Crippen molar-refractivity contribution in [3.63, 3.8) is 0 Å². The Hall–Kier alpha value is -2.20. The highest BCUT2D eigenvalue weighted by molar-refractivity contribution is 7.82. The standard InChI is InChI=1S/C17H16N2OS/c20-16(17(21)19-14-9-10-14)18-15-8-4-7-13(11-15)12-5-2-1-3-6-12/h1-8,11,14H,9-10H2,(H,18,20)(H,19,21). The van der Waals surface area contributed by atoms with Gasteiger partial charge in [0, 0.05) is 11.7 Å². The molecule has 2 N–H and O–H groups in total. The molecule has 2 aromatic rings. The minimum Gasteiger partial charge on any atom is -0.369 e. The minimum atomic E-state index is -0.248. The quantitative estimate of drug-likeness (QED) is 0.853. The molecule has 106 valence electrons. The average molecular weight is 296 g/mol. The van der Waals surface area contributed by atoms with E-state index < -0.39 is 0 Å². The van der Waals surface area contributed by atoms with Gasteiger partial charge >= 0.3 is 0 Å². The van der Waals surface area contributed by atoms with Crippen molar-refractivity contribution in [1.82, 2.24) is 5.32 Å². The van der Waals surface area contributed by atoms with Gasteiger partial charge in [0.15, 0.2) is 4.99 Å². The summed E-state index contributed by atoms with van der Waals surface area (Å²) in [5.74, 6) is -0.248. The van der Waals surface area contributed by atoms with E-state index in [-0.39, 0.29) is 10.9 Å². The number of rotatable bonds is 3. The van der Waals surface area contributed by atoms with Crippen LogP contribution in [0.4, 0.5) is 5.69 Å². The SMILES string of the molecule is O=C(Nc1cccc(-c2ccccc2)c1)C(=S)NC1CC1. The lowest BCUT2D eigenvalue weighted by Crippen LogP contribution is -2.35. The third-order valence-electron chi connectivity index (χ3n) is 3.35. The van der Waals surface area contributed by atoms with Crippen molar-refractivity contribution in [2.75, 3.05) is 5.32 Å². The summed E-state index contributed by atoms with van der Waals surface area (Å²) in [7, 11) is 0. The Bertz CT molecular complexity index is 666. The van der Waals surface area contributed by atoms with Crippen LogP contribution < -0.4 is 10.6 Å². The van der Waals surface area contributed by atoms with Gasteiger partial charge in [0.05, 0.1) is 0 Å². The van der Waals surface area contributed by atoms with E-state index in [2.05, 4.69) is 10.6 Å². The van der Waals surface area contributed by atoms with E-state index in [4.69, 9.17) is 12.2 Å². The maximum Gasteiger partial charge on any atom is 0.283 e. The molecule has 0 bridgehead atoms. The van der Waals surface area contributed by atoms with Gasteiger partial charge in [-0.3, -0.25) is 4.79 Å². The first-order valence-corrected chi connectivity index (χ1v) is 7.40. The Morgan fingerprint density at radius 3 is 2.43 bits per heavy atom. The van der Waals surface area contributed by atoms with Crippen LogP contribution in [0.3, 0.4) is 0 Å². The zero-order chi connectivity index (χ0) is 14.7. The van der Waals surface area contributed by atoms with Crippen LogP contribution in [-0.2, 0) is 4.79 Å². The molecule has 1 saturated carbocycles. The molecule has 3 nitrogen and oxygen atoms in total. The van der Waals surface area contributed by atoms with E-state index in [1.807, 2.05) is 54.6 Å². The maximum absolute atomic E-state index is 12.0. The molecule has 0 heterocycles. The molecule has 1 aliphatic rings. The average Bonchev–Trinajstić information content (AvgIpc) is 3.32. The molecule has 0 aromatic heterocycles. The van der Waals surface area contributed by atoms with E-state index in [9.17, 15) is 4.79 Å². The van der Waals surface area contributed by atoms with Gasteiger partial charge in [-0.25, -0.2) is 0 Å². The summed E-state index contributed by atoms with van der Waals surface area (Å²) >= 11 is 5.10. The summed E-state index contributed by atoms with van der Waals surface area (Å²) in [5, 5.41) is 5.88. The summed E-state index contributed by atoms with van der Waals surface area (Å²) in [6.07, 6.45) is 2.19. The van der Waals surface area contributed by atoms with E-state index in [0.29, 0.717) is 6.04 Å². The van der Waals surface area contributed by atoms with E-state index in [1.54, 1.807) is 0 Å². The molecule has 2 aromatic carbocycles. The molecule has 0 unspecified atom stereocenters. The first-order chi connectivity index (χ1) is 10.2. The molecular formula is C17H16N2OS. The molecule has 0 spiro atoms. The molecule has 0 radical (unpaired) electrons. The molecule has 3 rings (SSSR count). The van der Waals surface area contributed by atoms with Crippen LogP contribution in [-0.4, -0.2) is 16.9 Å². The summed E-state index contributed by atoms with van der Waals surface area (Å²) in [5.41, 5.74) is 2.93. The third kappa shape index (κ3) is 3.67. The van der Waals surface area contributed by atoms with Crippen LogP contribution in [0.2, 0.25) is 0 Å². The summed E-state index contributed by atoms with van der Waals surface area (Å²) < 4.78 is 0. The summed E-state index contributed by atoms with van der Waals surface area (Å²) in [6.45, 7) is 0. The zero-order valence-corrected chi connectivity index (χ0v) is 12.3. The number of hydrogen-bond acceptors (Lipinski definition) is 2. The molecule has 1 aliphatic carbocycles. The first kappa shape index (κ1) is 13.8. The first-order valence-electron chi connectivity index (χ1n) is 7.00. The topological polar surface area (TPSA) is 41.1 Å². The third-order valence-corrected chi connectivity index (χ3v) is 3.65. The van der Waals surface area contributed by atoms with Gasteiger partial charge in [-0.1, -0.05) is 54.7 Å². The fourth-order valence-corrected chi connectivity index (χ4v) is 2.29. The highest BCUT2D eigenvalue weighted by Crippen LogP contribution is 2.22. The number of hydrogen-bond donors (Lipinski definition) is 2. The van der Waals surface area contributed by atoms with Crippen molar-refractivity contribution in [2.24, 2.45) is 0 Å². The van der Waals surface area contributed by atoms with Crippen LogP contribution in [0.1, 0.15) is 12.8 Å². The summed E-state index contributed by atoms with van der Waals surface area (Å²) in [6, 6.07) is 18.2. The van der Waals surface area contributed by atoms with E-state index >= 15 is 0 Å². The Balaban J connectivity index is 1.71. The van der Waals surface area contributed by atoms with E-state index in [0.717, 1.165) is 29.7 Å². The zero-order valence-electron chi connectivity index (χ0n) is 11.5. The molecule has 0 aliphatic heterocycles. The molecule has 0 saturated heterocycles. The second-order valence-corrected chi connectivity index (χ2v) is 5.56. The highest BCUT2D eigenvalue weighted by atomic mass is 32.1. The second kappa shape index (κ2) is 6.06. The number of nitrogens with one attached hydrogen (secondary N) is 2. The fourth-order valence-electron chi connectivity index (χ4n) is 2.07. The van der Waals surface area contributed by atoms with Gasteiger partial charge in [-0.15, -0.1) is 0 Å². The molecule has 21 heavy (non-hydrogen) atoms. The lowest BCUT2D eigenvalue weighted by Gasteiger charge is -2.09. The van der Waals surface area contributed by atoms with Gasteiger partial charge < -0.3 is 10.6 Å². The Morgan fingerprint density at radius 1 is 1.00 bits per heavy atom. The number of thiocarbonyl (C=S) groups is 1. The molecule has 1 fully saturated rings. The van der Waals surface area contributed by atoms with E-state index in [1.165, 1.54) is 0 Å². The number of amides is 1. The smallest absolute Gasteiger partial charge is 0.283 e. The number of carbonyl (C=O) groups excluding carboxylic acids is 1. The predicted octanol–water partition coefficient (Wildman–Crippen LogP) is 3.37. The van der Waals surface area contributed by atoms with Crippen molar-refractivity contribution < 1.29 is 4.79 Å². The van der Waals surface area contributed by atoms with Crippen molar-refractivity contribution in [2.45, 2.75) is 18.9 Å². The van der Waals surface area contributed by atoms with Crippen molar-refractivity contribution in [3.8, 4) is 11.1 Å². The van der Waals surface area contributed by atoms with Crippen LogP contribution >= 0.6 is 12.2 Å². The Kier molecular flexibility index (Phi) is 3.97. The van der Waals surface area contributed by atoms with Crippen LogP contribution in [0.15, 0.2) is 54.6 Å². The lowest BCUT2D eigenvalue weighted by atomic mass is 10.1. The Labute approximate surface area is 129 Å². The van der Waals surface area contributed by atoms with Gasteiger partial charge in [0.1, 0.15) is 0 Å². The Morgan fingerprint density at radius 2 is 1.71 bits per heavy atom. The van der Waals surface area contributed by atoms with Gasteiger partial charge in [-0.05, 0) is 36.1 Å². The van der Waals surface area contributed by atoms with Crippen molar-refractivity contribution in [3.05, 3.63) is 54.6 Å². The second-order valence-electron chi connectivity index (χ2n) is 5.15. The fraction of sp³-hybridized carbons (Fsp3) is 0.176. The maximum atomic E-state index is 12.0. The predicted molar refractivity (Wildman–Crippen MR) is 89.3 cm³/mol. The van der Waals surface area contributed by atoms with Gasteiger partial charge in [-0.2, -0.15) is 0 Å². The van der Waals surface area contributed by atoms with Crippen LogP contribution in [0.5, 0.6) is 0 Å². The molecular weight excluding hydrogens is 280 g/mol. The number of anilines is 1. The normalized spacial score (nSPS) is 13.5. The minimum absolute atomic E-state index is 0.248. The van der Waals surface area contributed by atoms with Crippen molar-refractivity contribution >= 4 is 28.8 Å². The largest absolute Gasteiger partial charge is 0.369 e. The number of carbonyl (C=O) groups is 1. The lowest BCUT2D eigenvalue weighted by molar-refractivity contribution is -0.110. The van der Waals surface area contributed by atoms with Gasteiger partial charge in [0.2, 0.25) is 0 Å². The molecule has 1 amide bonds. The molecule has 0 atom stereocenters. The summed E-state index contributed by atoms with van der Waals surface area (Å²) in [4.78, 5) is 12.3. The van der Waals surface area contributed by atoms with Crippen LogP contribution in [0, 0.1) is 0 Å². The molecule has 4 heteroatoms.